The van der Waals surface area contributed by atoms with E-state index < -0.39 is 0 Å². The summed E-state index contributed by atoms with van der Waals surface area (Å²) in [6.45, 7) is 6.90. The Bertz CT molecular complexity index is 107. The Labute approximate surface area is 100 Å². The zero-order valence-electron chi connectivity index (χ0n) is 9.08. The predicted molar refractivity (Wildman–Crippen MR) is 69.0 cm³/mol. The van der Waals surface area contributed by atoms with E-state index in [2.05, 4.69) is 52.6 Å². The summed E-state index contributed by atoms with van der Waals surface area (Å²) in [4.78, 5) is 0. The number of hydrogen-bond acceptors (Lipinski definition) is 0. The number of rotatable bonds is 7. The molecule has 0 saturated heterocycles. The van der Waals surface area contributed by atoms with Crippen LogP contribution in [0.4, 0.5) is 0 Å². The van der Waals surface area contributed by atoms with Crippen molar-refractivity contribution in [3.63, 3.8) is 0 Å². The summed E-state index contributed by atoms with van der Waals surface area (Å²) >= 11 is 7.30. The molecule has 0 saturated carbocycles. The van der Waals surface area contributed by atoms with Crippen LogP contribution in [-0.4, -0.2) is 10.7 Å². The minimum absolute atomic E-state index is 0.483. The second-order valence-electron chi connectivity index (χ2n) is 4.01. The van der Waals surface area contributed by atoms with Crippen LogP contribution in [0.1, 0.15) is 46.5 Å². The fraction of sp³-hybridized carbons (Fsp3) is 1.00. The Hall–Kier alpha value is 0.960. The van der Waals surface area contributed by atoms with E-state index in [-0.39, 0.29) is 0 Å². The molecule has 0 aromatic heterocycles. The van der Waals surface area contributed by atoms with Gasteiger partial charge < -0.3 is 0 Å². The van der Waals surface area contributed by atoms with E-state index >= 15 is 0 Å². The fourth-order valence-electron chi connectivity index (χ4n) is 1.67. The molecule has 0 fully saturated rings. The first-order valence-corrected chi connectivity index (χ1v) is 7.54. The number of halogens is 2. The standard InChI is InChI=1S/C11H22Br2/c1-4-10(5-2)7-11(6-3,8-12)9-13/h10H,4-9H2,1-3H3. The van der Waals surface area contributed by atoms with Gasteiger partial charge in [0.15, 0.2) is 0 Å². The average Bonchev–Trinajstić information content (AvgIpc) is 2.21. The van der Waals surface area contributed by atoms with Gasteiger partial charge in [0, 0.05) is 10.7 Å². The molecule has 0 rings (SSSR count). The summed E-state index contributed by atoms with van der Waals surface area (Å²) in [6, 6.07) is 0. The summed E-state index contributed by atoms with van der Waals surface area (Å²) < 4.78 is 0. The Morgan fingerprint density at radius 3 is 1.69 bits per heavy atom. The Morgan fingerprint density at radius 2 is 1.46 bits per heavy atom. The van der Waals surface area contributed by atoms with Crippen molar-refractivity contribution in [2.24, 2.45) is 11.3 Å². The fourth-order valence-corrected chi connectivity index (χ4v) is 3.85. The second kappa shape index (κ2) is 7.28. The topological polar surface area (TPSA) is 0 Å². The van der Waals surface area contributed by atoms with Crippen LogP contribution >= 0.6 is 31.9 Å². The maximum Gasteiger partial charge on any atom is 0.00959 e. The second-order valence-corrected chi connectivity index (χ2v) is 5.13. The van der Waals surface area contributed by atoms with Crippen LogP contribution < -0.4 is 0 Å². The molecule has 0 aromatic rings. The summed E-state index contributed by atoms with van der Waals surface area (Å²) in [5.41, 5.74) is 0.483. The Morgan fingerprint density at radius 1 is 1.00 bits per heavy atom. The van der Waals surface area contributed by atoms with Gasteiger partial charge in [0.2, 0.25) is 0 Å². The van der Waals surface area contributed by atoms with Crippen molar-refractivity contribution in [1.29, 1.82) is 0 Å². The lowest BCUT2D eigenvalue weighted by Crippen LogP contribution is -2.27. The molecule has 0 amide bonds. The molecule has 0 aromatic carbocycles. The van der Waals surface area contributed by atoms with Crippen LogP contribution in [0, 0.1) is 11.3 Å². The van der Waals surface area contributed by atoms with E-state index in [9.17, 15) is 0 Å². The van der Waals surface area contributed by atoms with Crippen molar-refractivity contribution in [3.05, 3.63) is 0 Å². The van der Waals surface area contributed by atoms with E-state index in [0.717, 1.165) is 16.6 Å². The van der Waals surface area contributed by atoms with E-state index in [0.29, 0.717) is 5.41 Å². The molecule has 0 spiro atoms. The smallest absolute Gasteiger partial charge is 0.00959 e. The molecular weight excluding hydrogens is 292 g/mol. The minimum Gasteiger partial charge on any atom is -0.0922 e. The van der Waals surface area contributed by atoms with Gasteiger partial charge in [0.1, 0.15) is 0 Å². The van der Waals surface area contributed by atoms with Gasteiger partial charge in [-0.2, -0.15) is 0 Å². The van der Waals surface area contributed by atoms with E-state index in [1.165, 1.54) is 25.7 Å². The average molecular weight is 314 g/mol. The van der Waals surface area contributed by atoms with E-state index in [1.54, 1.807) is 0 Å². The molecule has 0 N–H and O–H groups in total. The molecule has 0 nitrogen and oxygen atoms in total. The number of alkyl halides is 2. The van der Waals surface area contributed by atoms with Gasteiger partial charge in [-0.05, 0) is 24.2 Å². The van der Waals surface area contributed by atoms with E-state index in [1.807, 2.05) is 0 Å². The predicted octanol–water partition coefficient (Wildman–Crippen LogP) is 5.00. The zero-order chi connectivity index (χ0) is 10.3. The minimum atomic E-state index is 0.483. The van der Waals surface area contributed by atoms with Crippen molar-refractivity contribution < 1.29 is 0 Å². The summed E-state index contributed by atoms with van der Waals surface area (Å²) in [5.74, 6) is 0.898. The lowest BCUT2D eigenvalue weighted by molar-refractivity contribution is 0.263. The van der Waals surface area contributed by atoms with Crippen LogP contribution in [0.25, 0.3) is 0 Å². The molecule has 80 valence electrons. The normalized spacial score (nSPS) is 12.5. The number of hydrogen-bond donors (Lipinski definition) is 0. The van der Waals surface area contributed by atoms with E-state index in [4.69, 9.17) is 0 Å². The van der Waals surface area contributed by atoms with Crippen molar-refractivity contribution in [2.45, 2.75) is 46.5 Å². The van der Waals surface area contributed by atoms with Crippen LogP contribution in [-0.2, 0) is 0 Å². The highest BCUT2D eigenvalue weighted by Crippen LogP contribution is 2.36. The van der Waals surface area contributed by atoms with Crippen molar-refractivity contribution in [3.8, 4) is 0 Å². The van der Waals surface area contributed by atoms with Crippen molar-refractivity contribution in [1.82, 2.24) is 0 Å². The highest BCUT2D eigenvalue weighted by molar-refractivity contribution is 9.09. The van der Waals surface area contributed by atoms with Gasteiger partial charge in [-0.3, -0.25) is 0 Å². The first-order valence-electron chi connectivity index (χ1n) is 5.29. The van der Waals surface area contributed by atoms with Crippen molar-refractivity contribution >= 4 is 31.9 Å². The molecule has 0 aliphatic heterocycles. The van der Waals surface area contributed by atoms with Gasteiger partial charge >= 0.3 is 0 Å². The molecule has 0 unspecified atom stereocenters. The maximum absolute atomic E-state index is 3.65. The van der Waals surface area contributed by atoms with Gasteiger partial charge in [0.05, 0.1) is 0 Å². The summed E-state index contributed by atoms with van der Waals surface area (Å²) in [5, 5.41) is 2.25. The van der Waals surface area contributed by atoms with Crippen LogP contribution in [0.15, 0.2) is 0 Å². The SMILES string of the molecule is CCC(CC)CC(CC)(CBr)CBr. The maximum atomic E-state index is 3.65. The van der Waals surface area contributed by atoms with Gasteiger partial charge in [-0.25, -0.2) is 0 Å². The molecule has 0 aliphatic rings. The Balaban J connectivity index is 4.21. The van der Waals surface area contributed by atoms with Gasteiger partial charge in [-0.15, -0.1) is 0 Å². The highest BCUT2D eigenvalue weighted by atomic mass is 79.9. The van der Waals surface area contributed by atoms with Gasteiger partial charge in [-0.1, -0.05) is 65.5 Å². The molecular formula is C11H22Br2. The molecule has 0 aliphatic carbocycles. The molecule has 0 heterocycles. The van der Waals surface area contributed by atoms with Gasteiger partial charge in [0.25, 0.3) is 0 Å². The third kappa shape index (κ3) is 4.33. The molecule has 0 atom stereocenters. The zero-order valence-corrected chi connectivity index (χ0v) is 12.2. The largest absolute Gasteiger partial charge is 0.0922 e. The summed E-state index contributed by atoms with van der Waals surface area (Å²) in [6.07, 6.45) is 5.25. The van der Waals surface area contributed by atoms with Crippen LogP contribution in [0.3, 0.4) is 0 Å². The first-order chi connectivity index (χ1) is 6.17. The lowest BCUT2D eigenvalue weighted by Gasteiger charge is -2.32. The monoisotopic (exact) mass is 312 g/mol. The third-order valence-corrected chi connectivity index (χ3v) is 5.57. The molecule has 13 heavy (non-hydrogen) atoms. The van der Waals surface area contributed by atoms with Crippen LogP contribution in [0.5, 0.6) is 0 Å². The first kappa shape index (κ1) is 14.0. The molecule has 2 heteroatoms. The van der Waals surface area contributed by atoms with Crippen molar-refractivity contribution in [2.75, 3.05) is 10.7 Å². The third-order valence-electron chi connectivity index (χ3n) is 3.19. The van der Waals surface area contributed by atoms with Crippen LogP contribution in [0.2, 0.25) is 0 Å². The molecule has 0 bridgehead atoms. The highest BCUT2D eigenvalue weighted by Gasteiger charge is 2.28. The Kier molecular flexibility index (Phi) is 7.82. The quantitative estimate of drug-likeness (QED) is 0.580. The summed E-state index contributed by atoms with van der Waals surface area (Å²) in [7, 11) is 0. The molecule has 0 radical (unpaired) electrons. The lowest BCUT2D eigenvalue weighted by atomic mass is 9.79.